The topological polar surface area (TPSA) is 183 Å². The molecule has 2 N–H and O–H groups in total. The molecule has 0 bridgehead atoms. The van der Waals surface area contributed by atoms with Crippen molar-refractivity contribution >= 4 is 34.8 Å². The Bertz CT molecular complexity index is 1210. The van der Waals surface area contributed by atoms with Crippen LogP contribution in [0.2, 0.25) is 5.02 Å². The second kappa shape index (κ2) is 9.61. The summed E-state index contributed by atoms with van der Waals surface area (Å²) in [7, 11) is 0. The third-order valence-electron chi connectivity index (χ3n) is 4.04. The van der Waals surface area contributed by atoms with E-state index in [-0.39, 0.29) is 41.1 Å². The highest BCUT2D eigenvalue weighted by Gasteiger charge is 2.18. The molecule has 2 amide bonds. The van der Waals surface area contributed by atoms with Gasteiger partial charge in [-0.25, -0.2) is 0 Å². The van der Waals surface area contributed by atoms with Gasteiger partial charge < -0.3 is 15.2 Å². The Labute approximate surface area is 183 Å². The van der Waals surface area contributed by atoms with Gasteiger partial charge in [0, 0.05) is 42.4 Å². The van der Waals surface area contributed by atoms with Gasteiger partial charge in [-0.1, -0.05) is 28.9 Å². The zero-order chi connectivity index (χ0) is 23.3. The number of hydrogen-bond donors (Lipinski definition) is 2. The SMILES string of the molecule is O=C(NCCNC(=O)c1nc(-c2cccc([N+](=O)[O-])c2)no1)c1ccc(Cl)c([N+](=O)[O-])c1. The van der Waals surface area contributed by atoms with Crippen LogP contribution < -0.4 is 10.6 Å². The summed E-state index contributed by atoms with van der Waals surface area (Å²) in [5.41, 5.74) is -0.235. The summed E-state index contributed by atoms with van der Waals surface area (Å²) in [6, 6.07) is 9.13. The van der Waals surface area contributed by atoms with E-state index < -0.39 is 27.3 Å². The fourth-order valence-corrected chi connectivity index (χ4v) is 2.70. The molecule has 0 aliphatic carbocycles. The zero-order valence-corrected chi connectivity index (χ0v) is 16.7. The van der Waals surface area contributed by atoms with Gasteiger partial charge in [0.2, 0.25) is 5.82 Å². The molecule has 0 atom stereocenters. The first-order valence-electron chi connectivity index (χ1n) is 8.85. The van der Waals surface area contributed by atoms with E-state index in [9.17, 15) is 29.8 Å². The monoisotopic (exact) mass is 460 g/mol. The molecular formula is C18H13ClN6O7. The summed E-state index contributed by atoms with van der Waals surface area (Å²) in [6.45, 7) is 0.00164. The molecule has 3 rings (SSSR count). The van der Waals surface area contributed by atoms with E-state index in [2.05, 4.69) is 20.8 Å². The minimum absolute atomic E-state index is 0.00325. The van der Waals surface area contributed by atoms with E-state index in [1.807, 2.05) is 0 Å². The Kier molecular flexibility index (Phi) is 6.70. The lowest BCUT2D eigenvalue weighted by atomic mass is 10.2. The van der Waals surface area contributed by atoms with Crippen LogP contribution in [0.4, 0.5) is 11.4 Å². The zero-order valence-electron chi connectivity index (χ0n) is 16.0. The van der Waals surface area contributed by atoms with Gasteiger partial charge in [-0.2, -0.15) is 4.98 Å². The number of carbonyl (C=O) groups excluding carboxylic acids is 2. The van der Waals surface area contributed by atoms with Crippen molar-refractivity contribution in [2.24, 2.45) is 0 Å². The Morgan fingerprint density at radius 2 is 1.72 bits per heavy atom. The van der Waals surface area contributed by atoms with Gasteiger partial charge in [0.25, 0.3) is 17.3 Å². The average Bonchev–Trinajstić information content (AvgIpc) is 3.27. The molecule has 0 aliphatic rings. The van der Waals surface area contributed by atoms with Crippen LogP contribution in [0.5, 0.6) is 0 Å². The van der Waals surface area contributed by atoms with E-state index in [1.165, 1.54) is 36.4 Å². The predicted molar refractivity (Wildman–Crippen MR) is 109 cm³/mol. The molecule has 0 spiro atoms. The smallest absolute Gasteiger partial charge is 0.316 e. The molecule has 2 aromatic carbocycles. The van der Waals surface area contributed by atoms with Crippen molar-refractivity contribution in [2.45, 2.75) is 0 Å². The molecule has 0 aliphatic heterocycles. The lowest BCUT2D eigenvalue weighted by molar-refractivity contribution is -0.384. The molecule has 0 saturated heterocycles. The van der Waals surface area contributed by atoms with E-state index in [4.69, 9.17) is 16.1 Å². The number of carbonyl (C=O) groups is 2. The van der Waals surface area contributed by atoms with Crippen LogP contribution in [0, 0.1) is 20.2 Å². The van der Waals surface area contributed by atoms with Gasteiger partial charge >= 0.3 is 11.8 Å². The van der Waals surface area contributed by atoms with Crippen LogP contribution in [-0.4, -0.2) is 44.9 Å². The maximum atomic E-state index is 12.1. The van der Waals surface area contributed by atoms with Crippen LogP contribution in [0.3, 0.4) is 0 Å². The van der Waals surface area contributed by atoms with Gasteiger partial charge in [0.05, 0.1) is 9.85 Å². The van der Waals surface area contributed by atoms with Crippen LogP contribution >= 0.6 is 11.6 Å². The third kappa shape index (κ3) is 5.20. The molecule has 14 heteroatoms. The van der Waals surface area contributed by atoms with Crippen molar-refractivity contribution in [3.05, 3.63) is 79.2 Å². The first-order chi connectivity index (χ1) is 15.3. The number of nitro benzene ring substituents is 2. The number of halogens is 1. The van der Waals surface area contributed by atoms with Crippen LogP contribution in [-0.2, 0) is 0 Å². The molecular weight excluding hydrogens is 448 g/mol. The normalized spacial score (nSPS) is 10.4. The van der Waals surface area contributed by atoms with Crippen LogP contribution in [0.15, 0.2) is 47.0 Å². The van der Waals surface area contributed by atoms with Crippen molar-refractivity contribution < 1.29 is 24.0 Å². The summed E-state index contributed by atoms with van der Waals surface area (Å²) in [5.74, 6) is -1.68. The number of rotatable bonds is 8. The van der Waals surface area contributed by atoms with Gasteiger partial charge in [-0.05, 0) is 12.1 Å². The Morgan fingerprint density at radius 3 is 2.41 bits per heavy atom. The summed E-state index contributed by atoms with van der Waals surface area (Å²) in [6.07, 6.45) is 0. The molecule has 13 nitrogen and oxygen atoms in total. The minimum atomic E-state index is -0.717. The molecule has 1 heterocycles. The first kappa shape index (κ1) is 22.3. The number of benzene rings is 2. The largest absolute Gasteiger partial charge is 0.350 e. The predicted octanol–water partition coefficient (Wildman–Crippen LogP) is 2.37. The quantitative estimate of drug-likeness (QED) is 0.289. The molecule has 0 unspecified atom stereocenters. The van der Waals surface area contributed by atoms with Crippen molar-refractivity contribution in [3.63, 3.8) is 0 Å². The van der Waals surface area contributed by atoms with Crippen LogP contribution in [0.1, 0.15) is 21.0 Å². The average molecular weight is 461 g/mol. The number of nitrogens with zero attached hydrogens (tertiary/aromatic N) is 4. The molecule has 0 saturated carbocycles. The number of amides is 2. The highest BCUT2D eigenvalue weighted by Crippen LogP contribution is 2.25. The van der Waals surface area contributed by atoms with E-state index in [0.29, 0.717) is 5.56 Å². The summed E-state index contributed by atoms with van der Waals surface area (Å²) < 4.78 is 4.87. The highest BCUT2D eigenvalue weighted by atomic mass is 35.5. The van der Waals surface area contributed by atoms with Gasteiger partial charge in [0.1, 0.15) is 5.02 Å². The van der Waals surface area contributed by atoms with E-state index in [1.54, 1.807) is 0 Å². The van der Waals surface area contributed by atoms with Crippen molar-refractivity contribution in [3.8, 4) is 11.4 Å². The fourth-order valence-electron chi connectivity index (χ4n) is 2.52. The first-order valence-corrected chi connectivity index (χ1v) is 9.23. The summed E-state index contributed by atoms with van der Waals surface area (Å²) >= 11 is 5.71. The van der Waals surface area contributed by atoms with Crippen molar-refractivity contribution in [1.82, 2.24) is 20.8 Å². The number of hydrogen-bond acceptors (Lipinski definition) is 9. The third-order valence-corrected chi connectivity index (χ3v) is 4.36. The maximum absolute atomic E-state index is 12.1. The van der Waals surface area contributed by atoms with Crippen molar-refractivity contribution in [1.29, 1.82) is 0 Å². The second-order valence-corrected chi connectivity index (χ2v) is 6.57. The van der Waals surface area contributed by atoms with E-state index in [0.717, 1.165) is 6.07 Å². The number of aromatic nitrogens is 2. The molecule has 3 aromatic rings. The fraction of sp³-hybridized carbons (Fsp3) is 0.111. The standard InChI is InChI=1S/C18H13ClN6O7/c19-13-5-4-11(9-14(13)25(30)31)16(26)20-6-7-21-17(27)18-22-15(23-32-18)10-2-1-3-12(8-10)24(28)29/h1-5,8-9H,6-7H2,(H,20,26)(H,21,27). The van der Waals surface area contributed by atoms with Crippen molar-refractivity contribution in [2.75, 3.05) is 13.1 Å². The van der Waals surface area contributed by atoms with Gasteiger partial charge in [-0.15, -0.1) is 0 Å². The lowest BCUT2D eigenvalue weighted by Crippen LogP contribution is -2.34. The number of nitrogens with one attached hydrogen (secondary N) is 2. The lowest BCUT2D eigenvalue weighted by Gasteiger charge is -2.06. The molecule has 32 heavy (non-hydrogen) atoms. The number of nitro groups is 2. The van der Waals surface area contributed by atoms with E-state index >= 15 is 0 Å². The summed E-state index contributed by atoms with van der Waals surface area (Å²) in [5, 5.41) is 30.2. The minimum Gasteiger partial charge on any atom is -0.350 e. The Balaban J connectivity index is 1.53. The molecule has 1 aromatic heterocycles. The molecule has 0 fully saturated rings. The molecule has 164 valence electrons. The number of non-ortho nitro benzene ring substituents is 1. The van der Waals surface area contributed by atoms with Gasteiger partial charge in [-0.3, -0.25) is 29.8 Å². The Morgan fingerprint density at radius 1 is 1.00 bits per heavy atom. The summed E-state index contributed by atoms with van der Waals surface area (Å²) in [4.78, 5) is 48.6. The highest BCUT2D eigenvalue weighted by molar-refractivity contribution is 6.32. The van der Waals surface area contributed by atoms with Gasteiger partial charge in [0.15, 0.2) is 0 Å². The molecule has 0 radical (unpaired) electrons. The second-order valence-electron chi connectivity index (χ2n) is 6.17. The maximum Gasteiger partial charge on any atom is 0.316 e. The van der Waals surface area contributed by atoms with Crippen LogP contribution in [0.25, 0.3) is 11.4 Å². The Hall–Kier alpha value is -4.39.